The molecule has 4 N–H and O–H groups in total. The van der Waals surface area contributed by atoms with E-state index >= 15 is 0 Å². The maximum Gasteiger partial charge on any atom is 0.222 e. The number of fused-ring (bicyclic) bond motifs is 3. The number of carbonyl (C=O) groups is 1. The van der Waals surface area contributed by atoms with Gasteiger partial charge in [0.25, 0.3) is 0 Å². The number of benzene rings is 1. The molecule has 1 aromatic rings. The minimum absolute atomic E-state index is 0.0420. The van der Waals surface area contributed by atoms with Crippen molar-refractivity contribution in [3.05, 3.63) is 65.8 Å². The van der Waals surface area contributed by atoms with Gasteiger partial charge in [0.15, 0.2) is 5.83 Å². The molecule has 4 rings (SSSR count). The van der Waals surface area contributed by atoms with Gasteiger partial charge in [0.1, 0.15) is 17.7 Å². The molecule has 3 unspecified atom stereocenters. The molecule has 3 aliphatic rings. The van der Waals surface area contributed by atoms with Crippen LogP contribution in [0.1, 0.15) is 25.3 Å². The Hall–Kier alpha value is -3.16. The molecule has 2 aliphatic carbocycles. The zero-order valence-corrected chi connectivity index (χ0v) is 17.3. The molecule has 0 spiro atoms. The van der Waals surface area contributed by atoms with Gasteiger partial charge in [-0.1, -0.05) is 13.2 Å². The number of allylic oxidation sites excluding steroid dienone is 3. The summed E-state index contributed by atoms with van der Waals surface area (Å²) in [6, 6.07) is 4.16. The van der Waals surface area contributed by atoms with E-state index in [9.17, 15) is 13.6 Å². The minimum Gasteiger partial charge on any atom is -0.495 e. The Kier molecular flexibility index (Phi) is 5.56. The molecule has 2 fully saturated rings. The molecule has 0 saturated heterocycles. The number of anilines is 1. The zero-order chi connectivity index (χ0) is 22.3. The quantitative estimate of drug-likeness (QED) is 0.639. The molecule has 6 nitrogen and oxygen atoms in total. The van der Waals surface area contributed by atoms with Gasteiger partial charge in [-0.2, -0.15) is 0 Å². The summed E-state index contributed by atoms with van der Waals surface area (Å²) < 4.78 is 35.1. The highest BCUT2D eigenvalue weighted by molar-refractivity contribution is 5.79. The van der Waals surface area contributed by atoms with Crippen LogP contribution in [0.25, 0.3) is 0 Å². The van der Waals surface area contributed by atoms with Crippen LogP contribution in [0.2, 0.25) is 0 Å². The van der Waals surface area contributed by atoms with E-state index in [1.54, 1.807) is 19.1 Å². The first kappa shape index (κ1) is 21.1. The monoisotopic (exact) mass is 428 g/mol. The Balaban J connectivity index is 1.69. The fourth-order valence-corrected chi connectivity index (χ4v) is 5.05. The van der Waals surface area contributed by atoms with Gasteiger partial charge in [0.05, 0.1) is 17.9 Å². The first-order valence-corrected chi connectivity index (χ1v) is 10.3. The Bertz CT molecular complexity index is 1000. The lowest BCUT2D eigenvalue weighted by molar-refractivity contribution is -0.125. The fraction of sp³-hybridized carbons (Fsp3) is 0.391. The first-order chi connectivity index (χ1) is 14.7. The maximum atomic E-state index is 14.7. The number of aliphatic imine (C=N–C) groups is 1. The van der Waals surface area contributed by atoms with E-state index in [0.29, 0.717) is 23.4 Å². The molecular formula is C23H26F2N4O2. The number of nitrogens with zero attached hydrogens (tertiary/aromatic N) is 1. The number of carbonyl (C=O) groups excluding carboxylic acids is 1. The third-order valence-electron chi connectivity index (χ3n) is 6.39. The van der Waals surface area contributed by atoms with Crippen molar-refractivity contribution in [1.29, 1.82) is 0 Å². The van der Waals surface area contributed by atoms with Gasteiger partial charge in [-0.25, -0.2) is 13.8 Å². The zero-order valence-electron chi connectivity index (χ0n) is 17.3. The molecule has 1 heterocycles. The van der Waals surface area contributed by atoms with E-state index in [1.807, 2.05) is 0 Å². The SMILES string of the molecule is C=C1N=C/C(F)=C(\C)NC2C(C(N)=O)[C@@H]3CC(OC(=C)Cc4cc(ccc4F)N1)[C@H]2C3. The van der Waals surface area contributed by atoms with Crippen molar-refractivity contribution < 1.29 is 18.3 Å². The summed E-state index contributed by atoms with van der Waals surface area (Å²) in [5, 5.41) is 6.06. The lowest BCUT2D eigenvalue weighted by atomic mass is 9.82. The van der Waals surface area contributed by atoms with Gasteiger partial charge < -0.3 is 21.1 Å². The van der Waals surface area contributed by atoms with Crippen molar-refractivity contribution in [2.24, 2.45) is 28.5 Å². The normalized spacial score (nSPS) is 32.9. The van der Waals surface area contributed by atoms with Crippen molar-refractivity contribution in [1.82, 2.24) is 5.32 Å². The predicted octanol–water partition coefficient (Wildman–Crippen LogP) is 3.54. The standard InChI is InChI=1S/C23H26F2N4O2/c1-11-6-14-7-16(4-5-18(14)24)29-13(3)27-10-19(25)12(2)28-22-17-8-15(9-20(17)31-11)21(22)23(26)30/h4-5,7,10,15,17,20-22,28-29H,1,3,6,8-9H2,2H3,(H2,26,30)/b19-12-,27-10?/t15-,17+,20?,21?,22?/m0/s1. The number of halogens is 2. The van der Waals surface area contributed by atoms with Crippen molar-refractivity contribution in [3.8, 4) is 0 Å². The summed E-state index contributed by atoms with van der Waals surface area (Å²) in [4.78, 5) is 16.1. The molecule has 1 amide bonds. The van der Waals surface area contributed by atoms with Gasteiger partial charge in [-0.3, -0.25) is 4.79 Å². The minimum atomic E-state index is -0.581. The second kappa shape index (κ2) is 8.17. The van der Waals surface area contributed by atoms with E-state index in [2.05, 4.69) is 28.8 Å². The van der Waals surface area contributed by atoms with Gasteiger partial charge in [-0.15, -0.1) is 0 Å². The Morgan fingerprint density at radius 1 is 1.29 bits per heavy atom. The number of nitrogens with two attached hydrogens (primary N) is 1. The third-order valence-corrected chi connectivity index (χ3v) is 6.39. The number of ether oxygens (including phenoxy) is 1. The van der Waals surface area contributed by atoms with Crippen LogP contribution >= 0.6 is 0 Å². The van der Waals surface area contributed by atoms with E-state index < -0.39 is 17.7 Å². The van der Waals surface area contributed by atoms with Crippen LogP contribution in [0.5, 0.6) is 0 Å². The molecule has 5 atom stereocenters. The summed E-state index contributed by atoms with van der Waals surface area (Å²) in [5.74, 6) is -1.15. The summed E-state index contributed by atoms with van der Waals surface area (Å²) in [6.45, 7) is 9.32. The van der Waals surface area contributed by atoms with E-state index in [1.165, 1.54) is 6.07 Å². The van der Waals surface area contributed by atoms with Crippen molar-refractivity contribution in [2.45, 2.75) is 38.3 Å². The second-order valence-corrected chi connectivity index (χ2v) is 8.47. The molecule has 164 valence electrons. The van der Waals surface area contributed by atoms with Crippen LogP contribution in [0, 0.1) is 23.6 Å². The van der Waals surface area contributed by atoms with E-state index in [4.69, 9.17) is 10.5 Å². The lowest BCUT2D eigenvalue weighted by Crippen LogP contribution is -2.50. The molecule has 8 heteroatoms. The van der Waals surface area contributed by atoms with Gasteiger partial charge >= 0.3 is 0 Å². The largest absolute Gasteiger partial charge is 0.495 e. The summed E-state index contributed by atoms with van der Waals surface area (Å²) in [7, 11) is 0. The topological polar surface area (TPSA) is 88.7 Å². The first-order valence-electron chi connectivity index (χ1n) is 10.3. The number of hydrogen-bond donors (Lipinski definition) is 3. The van der Waals surface area contributed by atoms with Crippen LogP contribution < -0.4 is 16.4 Å². The van der Waals surface area contributed by atoms with Gasteiger partial charge in [0.2, 0.25) is 5.91 Å². The van der Waals surface area contributed by atoms with Crippen LogP contribution in [0.4, 0.5) is 14.5 Å². The summed E-state index contributed by atoms with van der Waals surface area (Å²) in [5.41, 5.74) is 6.90. The highest BCUT2D eigenvalue weighted by Crippen LogP contribution is 2.50. The molecular weight excluding hydrogens is 402 g/mol. The van der Waals surface area contributed by atoms with Crippen molar-refractivity contribution >= 4 is 17.8 Å². The average molecular weight is 428 g/mol. The van der Waals surface area contributed by atoms with Crippen molar-refractivity contribution in [3.63, 3.8) is 0 Å². The Morgan fingerprint density at radius 3 is 2.81 bits per heavy atom. The Morgan fingerprint density at radius 2 is 2.06 bits per heavy atom. The van der Waals surface area contributed by atoms with E-state index in [-0.39, 0.29) is 47.7 Å². The molecule has 1 aromatic carbocycles. The highest BCUT2D eigenvalue weighted by Gasteiger charge is 2.56. The van der Waals surface area contributed by atoms with Crippen LogP contribution in [-0.2, 0) is 16.0 Å². The molecule has 31 heavy (non-hydrogen) atoms. The van der Waals surface area contributed by atoms with Crippen LogP contribution in [-0.4, -0.2) is 24.3 Å². The number of rotatable bonds is 1. The molecule has 0 aromatic heterocycles. The summed E-state index contributed by atoms with van der Waals surface area (Å²) in [6.07, 6.45) is 2.46. The third kappa shape index (κ3) is 4.19. The number of amides is 1. The summed E-state index contributed by atoms with van der Waals surface area (Å²) >= 11 is 0. The van der Waals surface area contributed by atoms with E-state index in [0.717, 1.165) is 12.6 Å². The molecule has 4 bridgehead atoms. The lowest BCUT2D eigenvalue weighted by Gasteiger charge is -2.36. The smallest absolute Gasteiger partial charge is 0.222 e. The molecule has 0 radical (unpaired) electrons. The van der Waals surface area contributed by atoms with Crippen LogP contribution in [0.15, 0.2) is 59.5 Å². The maximum absolute atomic E-state index is 14.7. The molecule has 1 aliphatic heterocycles. The molecule has 2 saturated carbocycles. The average Bonchev–Trinajstić information content (AvgIpc) is 3.25. The number of hydrogen-bond acceptors (Lipinski definition) is 5. The van der Waals surface area contributed by atoms with Gasteiger partial charge in [-0.05, 0) is 49.4 Å². The van der Waals surface area contributed by atoms with Crippen LogP contribution in [0.3, 0.4) is 0 Å². The Labute approximate surface area is 179 Å². The van der Waals surface area contributed by atoms with Gasteiger partial charge in [0, 0.05) is 29.8 Å². The number of nitrogens with one attached hydrogen (secondary N) is 2. The fourth-order valence-electron chi connectivity index (χ4n) is 5.05. The second-order valence-electron chi connectivity index (χ2n) is 8.47. The highest BCUT2D eigenvalue weighted by atomic mass is 19.1. The predicted molar refractivity (Wildman–Crippen MR) is 115 cm³/mol. The van der Waals surface area contributed by atoms with Crippen molar-refractivity contribution in [2.75, 3.05) is 5.32 Å². The number of primary amides is 1.